The Kier molecular flexibility index (Phi) is 4.18. The summed E-state index contributed by atoms with van der Waals surface area (Å²) in [6.07, 6.45) is 0.820. The Bertz CT molecular complexity index is 537. The largest absolute Gasteiger partial charge is 0.380 e. The standard InChI is InChI=1S/C15H14O2S/c1-18-13-10-6-5-9-12(13)15(17)14(16)11-7-3-2-4-8-11/h2-10,14,16H,1H3. The van der Waals surface area contributed by atoms with Crippen LogP contribution in [0.15, 0.2) is 59.5 Å². The lowest BCUT2D eigenvalue weighted by Gasteiger charge is -2.12. The summed E-state index contributed by atoms with van der Waals surface area (Å²) in [6, 6.07) is 16.3. The number of aliphatic hydroxyl groups is 1. The fourth-order valence-electron chi connectivity index (χ4n) is 1.78. The SMILES string of the molecule is CSc1ccccc1C(=O)C(O)c1ccccc1. The van der Waals surface area contributed by atoms with Crippen LogP contribution in [-0.2, 0) is 0 Å². The van der Waals surface area contributed by atoms with Crippen molar-refractivity contribution in [2.45, 2.75) is 11.0 Å². The lowest BCUT2D eigenvalue weighted by molar-refractivity contribution is 0.0744. The topological polar surface area (TPSA) is 37.3 Å². The van der Waals surface area contributed by atoms with Gasteiger partial charge >= 0.3 is 0 Å². The molecule has 0 saturated heterocycles. The molecule has 3 heteroatoms. The van der Waals surface area contributed by atoms with Gasteiger partial charge < -0.3 is 5.11 Å². The molecular formula is C15H14O2S. The molecule has 0 radical (unpaired) electrons. The second-order valence-corrected chi connectivity index (χ2v) is 4.73. The Hall–Kier alpha value is -1.58. The Morgan fingerprint density at radius 1 is 1.06 bits per heavy atom. The van der Waals surface area contributed by atoms with Gasteiger partial charge in [0.1, 0.15) is 6.10 Å². The van der Waals surface area contributed by atoms with E-state index >= 15 is 0 Å². The van der Waals surface area contributed by atoms with Crippen LogP contribution in [0.5, 0.6) is 0 Å². The number of benzene rings is 2. The van der Waals surface area contributed by atoms with Crippen molar-refractivity contribution in [1.82, 2.24) is 0 Å². The van der Waals surface area contributed by atoms with Gasteiger partial charge in [0.05, 0.1) is 0 Å². The van der Waals surface area contributed by atoms with Crippen LogP contribution < -0.4 is 0 Å². The fraction of sp³-hybridized carbons (Fsp3) is 0.133. The van der Waals surface area contributed by atoms with E-state index in [0.717, 1.165) is 4.90 Å². The summed E-state index contributed by atoms with van der Waals surface area (Å²) >= 11 is 1.50. The van der Waals surface area contributed by atoms with Gasteiger partial charge in [0, 0.05) is 10.5 Å². The van der Waals surface area contributed by atoms with Crippen LogP contribution in [0, 0.1) is 0 Å². The molecule has 2 aromatic rings. The van der Waals surface area contributed by atoms with Gasteiger partial charge in [-0.15, -0.1) is 11.8 Å². The van der Waals surface area contributed by atoms with Crippen LogP contribution in [-0.4, -0.2) is 17.1 Å². The minimum atomic E-state index is -1.10. The summed E-state index contributed by atoms with van der Waals surface area (Å²) in [6.45, 7) is 0. The maximum absolute atomic E-state index is 12.3. The highest BCUT2D eigenvalue weighted by molar-refractivity contribution is 7.98. The van der Waals surface area contributed by atoms with E-state index in [2.05, 4.69) is 0 Å². The maximum Gasteiger partial charge on any atom is 0.196 e. The average Bonchev–Trinajstić information content (AvgIpc) is 2.46. The lowest BCUT2D eigenvalue weighted by atomic mass is 10.00. The minimum absolute atomic E-state index is 0.258. The molecule has 1 atom stereocenters. The highest BCUT2D eigenvalue weighted by Crippen LogP contribution is 2.25. The van der Waals surface area contributed by atoms with Crippen molar-refractivity contribution >= 4 is 17.5 Å². The van der Waals surface area contributed by atoms with E-state index in [1.54, 1.807) is 18.2 Å². The predicted molar refractivity (Wildman–Crippen MR) is 74.0 cm³/mol. The van der Waals surface area contributed by atoms with Gasteiger partial charge in [-0.05, 0) is 17.9 Å². The molecule has 2 nitrogen and oxygen atoms in total. The molecule has 0 aromatic heterocycles. The van der Waals surface area contributed by atoms with E-state index in [4.69, 9.17) is 0 Å². The third-order valence-electron chi connectivity index (χ3n) is 2.74. The molecular weight excluding hydrogens is 244 g/mol. The Morgan fingerprint density at radius 2 is 1.67 bits per heavy atom. The number of aliphatic hydroxyl groups excluding tert-OH is 1. The molecule has 0 amide bonds. The van der Waals surface area contributed by atoms with Crippen LogP contribution >= 0.6 is 11.8 Å². The molecule has 0 bridgehead atoms. The molecule has 2 aromatic carbocycles. The normalized spacial score (nSPS) is 12.1. The van der Waals surface area contributed by atoms with E-state index in [1.165, 1.54) is 11.8 Å². The highest BCUT2D eigenvalue weighted by Gasteiger charge is 2.20. The van der Waals surface area contributed by atoms with Gasteiger partial charge in [-0.25, -0.2) is 0 Å². The molecule has 0 aliphatic carbocycles. The van der Waals surface area contributed by atoms with Crippen molar-refractivity contribution in [2.75, 3.05) is 6.26 Å². The Balaban J connectivity index is 2.32. The summed E-state index contributed by atoms with van der Waals surface area (Å²) in [5, 5.41) is 10.1. The molecule has 0 spiro atoms. The third kappa shape index (κ3) is 2.63. The summed E-state index contributed by atoms with van der Waals surface area (Å²) < 4.78 is 0. The maximum atomic E-state index is 12.3. The van der Waals surface area contributed by atoms with Crippen molar-refractivity contribution in [2.24, 2.45) is 0 Å². The van der Waals surface area contributed by atoms with Gasteiger partial charge in [-0.1, -0.05) is 48.5 Å². The number of carbonyl (C=O) groups is 1. The minimum Gasteiger partial charge on any atom is -0.380 e. The van der Waals surface area contributed by atoms with Gasteiger partial charge in [-0.2, -0.15) is 0 Å². The van der Waals surface area contributed by atoms with Crippen molar-refractivity contribution in [1.29, 1.82) is 0 Å². The molecule has 92 valence electrons. The first kappa shape index (κ1) is 12.9. The molecule has 0 heterocycles. The summed E-state index contributed by atoms with van der Waals surface area (Å²) in [4.78, 5) is 13.1. The first-order chi connectivity index (χ1) is 8.74. The van der Waals surface area contributed by atoms with Gasteiger partial charge in [0.15, 0.2) is 5.78 Å². The summed E-state index contributed by atoms with van der Waals surface area (Å²) in [5.41, 5.74) is 1.19. The molecule has 1 unspecified atom stereocenters. The molecule has 1 N–H and O–H groups in total. The number of Topliss-reactive ketones (excluding diaryl/α,β-unsaturated/α-hetero) is 1. The first-order valence-electron chi connectivity index (χ1n) is 5.64. The monoisotopic (exact) mass is 258 g/mol. The third-order valence-corrected chi connectivity index (χ3v) is 3.53. The molecule has 0 saturated carbocycles. The van der Waals surface area contributed by atoms with Gasteiger partial charge in [0.2, 0.25) is 0 Å². The van der Waals surface area contributed by atoms with Crippen LogP contribution in [0.4, 0.5) is 0 Å². The molecule has 0 aliphatic heterocycles. The number of hydrogen-bond donors (Lipinski definition) is 1. The zero-order valence-corrected chi connectivity index (χ0v) is 10.9. The Morgan fingerprint density at radius 3 is 2.33 bits per heavy atom. The quantitative estimate of drug-likeness (QED) is 0.675. The molecule has 0 aliphatic rings. The van der Waals surface area contributed by atoms with Crippen molar-refractivity contribution < 1.29 is 9.90 Å². The molecule has 0 fully saturated rings. The predicted octanol–water partition coefficient (Wildman–Crippen LogP) is 3.32. The number of rotatable bonds is 4. The number of thioether (sulfide) groups is 1. The second-order valence-electron chi connectivity index (χ2n) is 3.88. The average molecular weight is 258 g/mol. The zero-order valence-electron chi connectivity index (χ0n) is 10.0. The number of carbonyl (C=O) groups excluding carboxylic acids is 1. The van der Waals surface area contributed by atoms with E-state index < -0.39 is 6.10 Å². The number of ketones is 1. The Labute approximate surface area is 111 Å². The van der Waals surface area contributed by atoms with Crippen LogP contribution in [0.25, 0.3) is 0 Å². The van der Waals surface area contributed by atoms with E-state index in [9.17, 15) is 9.90 Å². The van der Waals surface area contributed by atoms with E-state index in [0.29, 0.717) is 11.1 Å². The first-order valence-corrected chi connectivity index (χ1v) is 6.86. The van der Waals surface area contributed by atoms with Crippen LogP contribution in [0.1, 0.15) is 22.0 Å². The second kappa shape index (κ2) is 5.85. The number of hydrogen-bond acceptors (Lipinski definition) is 3. The summed E-state index contributed by atoms with van der Waals surface area (Å²) in [5.74, 6) is -0.258. The summed E-state index contributed by atoms with van der Waals surface area (Å²) in [7, 11) is 0. The van der Waals surface area contributed by atoms with Gasteiger partial charge in [0.25, 0.3) is 0 Å². The molecule has 2 rings (SSSR count). The zero-order chi connectivity index (χ0) is 13.0. The van der Waals surface area contributed by atoms with Gasteiger partial charge in [-0.3, -0.25) is 4.79 Å². The highest BCUT2D eigenvalue weighted by atomic mass is 32.2. The van der Waals surface area contributed by atoms with Crippen molar-refractivity contribution in [3.63, 3.8) is 0 Å². The van der Waals surface area contributed by atoms with Crippen LogP contribution in [0.2, 0.25) is 0 Å². The lowest BCUT2D eigenvalue weighted by Crippen LogP contribution is -2.13. The van der Waals surface area contributed by atoms with Crippen molar-refractivity contribution in [3.8, 4) is 0 Å². The molecule has 18 heavy (non-hydrogen) atoms. The smallest absolute Gasteiger partial charge is 0.196 e. The van der Waals surface area contributed by atoms with Crippen molar-refractivity contribution in [3.05, 3.63) is 65.7 Å². The van der Waals surface area contributed by atoms with Crippen LogP contribution in [0.3, 0.4) is 0 Å². The van der Waals surface area contributed by atoms with E-state index in [1.807, 2.05) is 42.7 Å². The fourth-order valence-corrected chi connectivity index (χ4v) is 2.39. The van der Waals surface area contributed by atoms with E-state index in [-0.39, 0.29) is 5.78 Å².